The molecule has 0 saturated carbocycles. The highest BCUT2D eigenvalue weighted by molar-refractivity contribution is 7.89. The van der Waals surface area contributed by atoms with E-state index in [2.05, 4.69) is 20.3 Å². The van der Waals surface area contributed by atoms with E-state index in [0.717, 1.165) is 40.8 Å². The number of methoxy groups -OCH3 is 1. The van der Waals surface area contributed by atoms with Gasteiger partial charge in [-0.2, -0.15) is 17.5 Å². The highest BCUT2D eigenvalue weighted by Gasteiger charge is 2.53. The fourth-order valence-electron chi connectivity index (χ4n) is 4.22. The van der Waals surface area contributed by atoms with E-state index in [1.54, 1.807) is 0 Å². The molecule has 0 bridgehead atoms. The minimum atomic E-state index is -4.61. The highest BCUT2D eigenvalue weighted by Crippen LogP contribution is 2.36. The molecular formula is C23H22F5N5O4S. The molecule has 38 heavy (non-hydrogen) atoms. The zero-order chi connectivity index (χ0) is 27.9. The molecule has 204 valence electrons. The standard InChI is InChI=1S/C23H22F5N5O4S/c1-22(9-15(25)12-33(22)38(35,36)16-6-4-14(24)5-7-16)21(34)30-11-17-20(37-2)32-19(31-17)13-3-8-18(29-10-13)23(26,27)28/h3-8,10,15,19H,9,11-12H2,1-2H3,(H,30,34)/t15-,19?,22+/m1/s1. The summed E-state index contributed by atoms with van der Waals surface area (Å²) in [5.41, 5.74) is -2.51. The molecule has 15 heteroatoms. The average molecular weight is 560 g/mol. The highest BCUT2D eigenvalue weighted by atomic mass is 32.2. The monoisotopic (exact) mass is 559 g/mol. The molecule has 3 atom stereocenters. The molecule has 9 nitrogen and oxygen atoms in total. The molecular weight excluding hydrogens is 537 g/mol. The van der Waals surface area contributed by atoms with Crippen LogP contribution in [0.15, 0.2) is 57.5 Å². The average Bonchev–Trinajstić information content (AvgIpc) is 3.43. The van der Waals surface area contributed by atoms with E-state index in [9.17, 15) is 35.2 Å². The lowest BCUT2D eigenvalue weighted by Gasteiger charge is -2.32. The summed E-state index contributed by atoms with van der Waals surface area (Å²) < 4.78 is 98.4. The number of halogens is 5. The molecule has 0 spiro atoms. The largest absolute Gasteiger partial charge is 0.480 e. The third-order valence-electron chi connectivity index (χ3n) is 6.17. The van der Waals surface area contributed by atoms with E-state index < -0.39 is 64.5 Å². The maximum atomic E-state index is 14.5. The van der Waals surface area contributed by atoms with Crippen LogP contribution in [0, 0.1) is 5.82 Å². The Kier molecular flexibility index (Phi) is 7.27. The molecule has 1 aromatic heterocycles. The van der Waals surface area contributed by atoms with Gasteiger partial charge in [0.15, 0.2) is 6.17 Å². The Morgan fingerprint density at radius 1 is 1.18 bits per heavy atom. The number of hydrogen-bond acceptors (Lipinski definition) is 7. The van der Waals surface area contributed by atoms with E-state index in [4.69, 9.17) is 4.74 Å². The van der Waals surface area contributed by atoms with Crippen molar-refractivity contribution >= 4 is 27.5 Å². The summed E-state index contributed by atoms with van der Waals surface area (Å²) >= 11 is 0. The SMILES string of the molecule is COC1=NC(c2ccc(C(F)(F)F)nc2)N=C1CNC(=O)[C@]1(C)C[C@@H](F)CN1S(=O)(=O)c1ccc(F)cc1. The third kappa shape index (κ3) is 5.25. The van der Waals surface area contributed by atoms with E-state index in [0.29, 0.717) is 0 Å². The van der Waals surface area contributed by atoms with Crippen LogP contribution in [0.4, 0.5) is 22.0 Å². The number of ether oxygens (including phenoxy) is 1. The van der Waals surface area contributed by atoms with Gasteiger partial charge in [0.05, 0.1) is 18.6 Å². The van der Waals surface area contributed by atoms with Gasteiger partial charge in [0.2, 0.25) is 21.8 Å². The van der Waals surface area contributed by atoms with Crippen molar-refractivity contribution in [2.24, 2.45) is 9.98 Å². The normalized spacial score (nSPS) is 24.2. The number of benzene rings is 1. The van der Waals surface area contributed by atoms with Crippen molar-refractivity contribution in [2.75, 3.05) is 20.2 Å². The number of rotatable bonds is 6. The lowest BCUT2D eigenvalue weighted by atomic mass is 9.98. The number of carbonyl (C=O) groups excluding carboxylic acids is 1. The first-order valence-corrected chi connectivity index (χ1v) is 12.6. The molecule has 4 rings (SSSR count). The first-order valence-electron chi connectivity index (χ1n) is 11.2. The topological polar surface area (TPSA) is 113 Å². The maximum Gasteiger partial charge on any atom is 0.433 e. The Hall–Kier alpha value is -3.46. The van der Waals surface area contributed by atoms with Crippen LogP contribution in [-0.4, -0.2) is 67.1 Å². The summed E-state index contributed by atoms with van der Waals surface area (Å²) in [6, 6.07) is 5.90. The fourth-order valence-corrected chi connectivity index (χ4v) is 6.00. The zero-order valence-corrected chi connectivity index (χ0v) is 20.9. The van der Waals surface area contributed by atoms with Crippen LogP contribution in [0.3, 0.4) is 0 Å². The summed E-state index contributed by atoms with van der Waals surface area (Å²) in [5, 5.41) is 2.53. The molecule has 1 saturated heterocycles. The molecule has 0 aliphatic carbocycles. The van der Waals surface area contributed by atoms with Crippen LogP contribution in [0.2, 0.25) is 0 Å². The number of alkyl halides is 4. The van der Waals surface area contributed by atoms with Gasteiger partial charge in [-0.1, -0.05) is 6.07 Å². The Balaban J connectivity index is 1.51. The molecule has 1 fully saturated rings. The molecule has 1 N–H and O–H groups in total. The lowest BCUT2D eigenvalue weighted by molar-refractivity contribution is -0.141. The number of sulfonamides is 1. The summed E-state index contributed by atoms with van der Waals surface area (Å²) in [5.74, 6) is -1.47. The first-order chi connectivity index (χ1) is 17.8. The molecule has 1 amide bonds. The molecule has 2 aliphatic heterocycles. The number of amides is 1. The summed E-state index contributed by atoms with van der Waals surface area (Å²) in [7, 11) is -3.07. The van der Waals surface area contributed by atoms with Gasteiger partial charge in [0.1, 0.15) is 28.9 Å². The van der Waals surface area contributed by atoms with Gasteiger partial charge < -0.3 is 10.1 Å². The Morgan fingerprint density at radius 3 is 2.45 bits per heavy atom. The van der Waals surface area contributed by atoms with Gasteiger partial charge in [0.25, 0.3) is 0 Å². The maximum absolute atomic E-state index is 14.5. The van der Waals surface area contributed by atoms with Crippen molar-refractivity contribution in [3.63, 3.8) is 0 Å². The predicted molar refractivity (Wildman–Crippen MR) is 125 cm³/mol. The van der Waals surface area contributed by atoms with Gasteiger partial charge in [0, 0.05) is 24.7 Å². The number of nitrogens with zero attached hydrogens (tertiary/aromatic N) is 4. The van der Waals surface area contributed by atoms with Crippen LogP contribution >= 0.6 is 0 Å². The Bertz CT molecular complexity index is 1380. The van der Waals surface area contributed by atoms with Crippen LogP contribution in [0.1, 0.15) is 30.8 Å². The molecule has 2 aliphatic rings. The summed E-state index contributed by atoms with van der Waals surface area (Å²) in [6.07, 6.45) is -6.65. The molecule has 3 heterocycles. The van der Waals surface area contributed by atoms with Gasteiger partial charge >= 0.3 is 6.18 Å². The second-order valence-corrected chi connectivity index (χ2v) is 10.7. The van der Waals surface area contributed by atoms with E-state index in [-0.39, 0.29) is 28.6 Å². The van der Waals surface area contributed by atoms with Crippen molar-refractivity contribution in [1.82, 2.24) is 14.6 Å². The van der Waals surface area contributed by atoms with Crippen LogP contribution < -0.4 is 5.32 Å². The number of aromatic nitrogens is 1. The smallest absolute Gasteiger partial charge is 0.433 e. The van der Waals surface area contributed by atoms with Gasteiger partial charge in [-0.25, -0.2) is 22.2 Å². The van der Waals surface area contributed by atoms with Crippen molar-refractivity contribution in [2.45, 2.75) is 42.3 Å². The van der Waals surface area contributed by atoms with Gasteiger partial charge in [-0.15, -0.1) is 0 Å². The van der Waals surface area contributed by atoms with Crippen LogP contribution in [-0.2, 0) is 25.7 Å². The van der Waals surface area contributed by atoms with E-state index >= 15 is 0 Å². The fraction of sp³-hybridized carbons (Fsp3) is 0.391. The minimum absolute atomic E-state index is 0.00549. The summed E-state index contributed by atoms with van der Waals surface area (Å²) in [6.45, 7) is 0.423. The number of hydrogen-bond donors (Lipinski definition) is 1. The van der Waals surface area contributed by atoms with Crippen molar-refractivity contribution in [1.29, 1.82) is 0 Å². The quantitative estimate of drug-likeness (QED) is 0.547. The van der Waals surface area contributed by atoms with Crippen molar-refractivity contribution < 1.29 is 39.9 Å². The van der Waals surface area contributed by atoms with E-state index in [1.807, 2.05) is 0 Å². The van der Waals surface area contributed by atoms with Gasteiger partial charge in [-0.3, -0.25) is 14.8 Å². The van der Waals surface area contributed by atoms with Gasteiger partial charge in [-0.05, 0) is 37.3 Å². The number of carbonyl (C=O) groups is 1. The second-order valence-electron chi connectivity index (χ2n) is 8.81. The molecule has 0 radical (unpaired) electrons. The zero-order valence-electron chi connectivity index (χ0n) is 20.0. The third-order valence-corrected chi connectivity index (χ3v) is 8.17. The van der Waals surface area contributed by atoms with Crippen LogP contribution in [0.5, 0.6) is 0 Å². The number of pyridine rings is 1. The minimum Gasteiger partial charge on any atom is -0.480 e. The predicted octanol–water partition coefficient (Wildman–Crippen LogP) is 3.05. The second kappa shape index (κ2) is 10.0. The van der Waals surface area contributed by atoms with Crippen LogP contribution in [0.25, 0.3) is 0 Å². The first kappa shape index (κ1) is 27.6. The Labute approximate surface area is 214 Å². The lowest BCUT2D eigenvalue weighted by Crippen LogP contribution is -2.56. The number of aliphatic imine (C=N–C) groups is 2. The number of nitrogens with one attached hydrogen (secondary N) is 1. The molecule has 1 unspecified atom stereocenters. The molecule has 1 aromatic carbocycles. The summed E-state index contributed by atoms with van der Waals surface area (Å²) in [4.78, 5) is 24.7. The van der Waals surface area contributed by atoms with Crippen molar-refractivity contribution in [3.05, 3.63) is 59.7 Å². The molecule has 2 aromatic rings. The van der Waals surface area contributed by atoms with Crippen molar-refractivity contribution in [3.8, 4) is 0 Å². The van der Waals surface area contributed by atoms with E-state index in [1.165, 1.54) is 20.1 Å². The Morgan fingerprint density at radius 2 is 1.87 bits per heavy atom.